The molecule has 0 heterocycles. The van der Waals surface area contributed by atoms with Crippen LogP contribution in [-0.2, 0) is 0 Å². The fourth-order valence-corrected chi connectivity index (χ4v) is 4.94. The van der Waals surface area contributed by atoms with Crippen LogP contribution in [0.25, 0.3) is 0 Å². The van der Waals surface area contributed by atoms with Crippen LogP contribution < -0.4 is 5.73 Å². The molecule has 0 amide bonds. The van der Waals surface area contributed by atoms with Gasteiger partial charge in [0.1, 0.15) is 0 Å². The molecule has 3 heteroatoms. The van der Waals surface area contributed by atoms with E-state index in [9.17, 15) is 0 Å². The number of thioether (sulfide) groups is 1. The van der Waals surface area contributed by atoms with Crippen LogP contribution in [0.3, 0.4) is 0 Å². The minimum Gasteiger partial charge on any atom is -0.329 e. The number of hydrogen-bond acceptors (Lipinski definition) is 3. The van der Waals surface area contributed by atoms with Crippen molar-refractivity contribution < 1.29 is 0 Å². The minimum absolute atomic E-state index is 0.239. The van der Waals surface area contributed by atoms with Gasteiger partial charge < -0.3 is 5.73 Å². The van der Waals surface area contributed by atoms with Crippen LogP contribution in [0.5, 0.6) is 0 Å². The fraction of sp³-hybridized carbons (Fsp3) is 1.00. The van der Waals surface area contributed by atoms with Crippen LogP contribution >= 0.6 is 11.8 Å². The Morgan fingerprint density at radius 3 is 2.53 bits per heavy atom. The van der Waals surface area contributed by atoms with Gasteiger partial charge in [0.05, 0.1) is 0 Å². The van der Waals surface area contributed by atoms with Crippen LogP contribution in [-0.4, -0.2) is 42.1 Å². The van der Waals surface area contributed by atoms with Crippen molar-refractivity contribution in [1.29, 1.82) is 0 Å². The first kappa shape index (κ1) is 17.3. The summed E-state index contributed by atoms with van der Waals surface area (Å²) in [6, 6.07) is 0.665. The average Bonchev–Trinajstić information content (AvgIpc) is 2.43. The fourth-order valence-electron chi connectivity index (χ4n) is 4.10. The van der Waals surface area contributed by atoms with E-state index in [1.807, 2.05) is 11.8 Å². The highest BCUT2D eigenvalue weighted by molar-refractivity contribution is 7.98. The molecule has 0 aliphatic heterocycles. The zero-order valence-electron chi connectivity index (χ0n) is 13.6. The second-order valence-corrected chi connectivity index (χ2v) is 7.44. The van der Waals surface area contributed by atoms with E-state index in [-0.39, 0.29) is 5.54 Å². The Kier molecular flexibility index (Phi) is 7.20. The van der Waals surface area contributed by atoms with Gasteiger partial charge in [0.15, 0.2) is 0 Å². The van der Waals surface area contributed by atoms with E-state index >= 15 is 0 Å². The molecule has 1 aliphatic rings. The maximum Gasteiger partial charge on any atom is 0.0362 e. The summed E-state index contributed by atoms with van der Waals surface area (Å²) < 4.78 is 0. The monoisotopic (exact) mass is 286 g/mol. The summed E-state index contributed by atoms with van der Waals surface area (Å²) in [5.74, 6) is 2.71. The van der Waals surface area contributed by atoms with E-state index in [4.69, 9.17) is 5.73 Å². The summed E-state index contributed by atoms with van der Waals surface area (Å²) in [6.45, 7) is 7.89. The Hall–Kier alpha value is 0.270. The molecule has 1 rings (SSSR count). The molecule has 3 unspecified atom stereocenters. The standard InChI is InChI=1S/C16H34N2S/c1-6-14(11-19-5)18(4)16(12-17)10-8-7-9-15(16)13(2)3/h13-15H,6-12,17H2,1-5H3. The second kappa shape index (κ2) is 7.90. The summed E-state index contributed by atoms with van der Waals surface area (Å²) in [5.41, 5.74) is 6.55. The van der Waals surface area contributed by atoms with Gasteiger partial charge in [-0.25, -0.2) is 0 Å². The lowest BCUT2D eigenvalue weighted by atomic mass is 9.66. The number of rotatable bonds is 7. The number of nitrogens with two attached hydrogens (primary N) is 1. The van der Waals surface area contributed by atoms with Crippen molar-refractivity contribution in [2.75, 3.05) is 25.6 Å². The lowest BCUT2D eigenvalue weighted by Crippen LogP contribution is -2.62. The first-order valence-electron chi connectivity index (χ1n) is 7.95. The van der Waals surface area contributed by atoms with E-state index in [2.05, 4.69) is 39.0 Å². The molecule has 19 heavy (non-hydrogen) atoms. The van der Waals surface area contributed by atoms with E-state index < -0.39 is 0 Å². The lowest BCUT2D eigenvalue weighted by Gasteiger charge is -2.53. The van der Waals surface area contributed by atoms with Gasteiger partial charge in [-0.3, -0.25) is 4.90 Å². The molecule has 0 saturated heterocycles. The maximum atomic E-state index is 6.31. The van der Waals surface area contributed by atoms with E-state index in [0.29, 0.717) is 6.04 Å². The van der Waals surface area contributed by atoms with Crippen LogP contribution in [0.4, 0.5) is 0 Å². The molecule has 3 atom stereocenters. The summed E-state index contributed by atoms with van der Waals surface area (Å²) in [4.78, 5) is 2.66. The highest BCUT2D eigenvalue weighted by Crippen LogP contribution is 2.42. The Morgan fingerprint density at radius 2 is 2.05 bits per heavy atom. The number of hydrogen-bond donors (Lipinski definition) is 1. The minimum atomic E-state index is 0.239. The van der Waals surface area contributed by atoms with Gasteiger partial charge in [0.2, 0.25) is 0 Å². The Balaban J connectivity index is 2.97. The van der Waals surface area contributed by atoms with Gasteiger partial charge in [0.25, 0.3) is 0 Å². The third-order valence-electron chi connectivity index (χ3n) is 5.30. The molecule has 0 aromatic rings. The molecule has 1 aliphatic carbocycles. The van der Waals surface area contributed by atoms with Gasteiger partial charge in [-0.2, -0.15) is 11.8 Å². The molecule has 0 spiro atoms. The topological polar surface area (TPSA) is 29.3 Å². The predicted molar refractivity (Wildman–Crippen MR) is 88.8 cm³/mol. The third kappa shape index (κ3) is 3.68. The molecule has 1 saturated carbocycles. The van der Waals surface area contributed by atoms with Gasteiger partial charge in [0, 0.05) is 23.9 Å². The number of likely N-dealkylation sites (N-methyl/N-ethyl adjacent to an activating group) is 1. The van der Waals surface area contributed by atoms with Crippen molar-refractivity contribution in [3.05, 3.63) is 0 Å². The third-order valence-corrected chi connectivity index (χ3v) is 6.02. The summed E-state index contributed by atoms with van der Waals surface area (Å²) in [6.07, 6.45) is 8.82. The van der Waals surface area contributed by atoms with E-state index in [1.165, 1.54) is 37.9 Å². The Morgan fingerprint density at radius 1 is 1.37 bits per heavy atom. The predicted octanol–water partition coefficient (Wildman–Crippen LogP) is 3.60. The Bertz CT molecular complexity index is 257. The summed E-state index contributed by atoms with van der Waals surface area (Å²) in [5, 5.41) is 0. The van der Waals surface area contributed by atoms with Gasteiger partial charge in [-0.05, 0) is 44.4 Å². The van der Waals surface area contributed by atoms with Crippen molar-refractivity contribution in [1.82, 2.24) is 4.90 Å². The quantitative estimate of drug-likeness (QED) is 0.775. The molecule has 2 nitrogen and oxygen atoms in total. The van der Waals surface area contributed by atoms with Crippen molar-refractivity contribution in [3.63, 3.8) is 0 Å². The van der Waals surface area contributed by atoms with E-state index in [1.54, 1.807) is 0 Å². The molecule has 0 bridgehead atoms. The molecule has 2 N–H and O–H groups in total. The molecular formula is C16H34N2S. The van der Waals surface area contributed by atoms with Gasteiger partial charge in [-0.15, -0.1) is 0 Å². The van der Waals surface area contributed by atoms with Gasteiger partial charge in [-0.1, -0.05) is 33.6 Å². The van der Waals surface area contributed by atoms with Crippen molar-refractivity contribution in [3.8, 4) is 0 Å². The van der Waals surface area contributed by atoms with Crippen LogP contribution in [0.1, 0.15) is 52.9 Å². The maximum absolute atomic E-state index is 6.31. The first-order valence-corrected chi connectivity index (χ1v) is 9.34. The van der Waals surface area contributed by atoms with Crippen LogP contribution in [0.15, 0.2) is 0 Å². The molecule has 1 fully saturated rings. The number of nitrogens with zero attached hydrogens (tertiary/aromatic N) is 1. The van der Waals surface area contributed by atoms with Crippen LogP contribution in [0, 0.1) is 11.8 Å². The molecule has 0 aromatic carbocycles. The summed E-state index contributed by atoms with van der Waals surface area (Å²) >= 11 is 1.96. The van der Waals surface area contributed by atoms with Crippen molar-refractivity contribution in [2.24, 2.45) is 17.6 Å². The SMILES string of the molecule is CCC(CSC)N(C)C1(CN)CCCCC1C(C)C. The highest BCUT2D eigenvalue weighted by atomic mass is 32.2. The average molecular weight is 287 g/mol. The zero-order valence-corrected chi connectivity index (χ0v) is 14.4. The normalized spacial score (nSPS) is 30.0. The summed E-state index contributed by atoms with van der Waals surface area (Å²) in [7, 11) is 2.33. The smallest absolute Gasteiger partial charge is 0.0362 e. The lowest BCUT2D eigenvalue weighted by molar-refractivity contribution is -0.0184. The van der Waals surface area contributed by atoms with E-state index in [0.717, 1.165) is 18.4 Å². The second-order valence-electron chi connectivity index (χ2n) is 6.53. The highest BCUT2D eigenvalue weighted by Gasteiger charge is 2.45. The van der Waals surface area contributed by atoms with Crippen LogP contribution in [0.2, 0.25) is 0 Å². The molecular weight excluding hydrogens is 252 g/mol. The zero-order chi connectivity index (χ0) is 14.5. The Labute approximate surface area is 124 Å². The van der Waals surface area contributed by atoms with Crippen molar-refractivity contribution in [2.45, 2.75) is 64.5 Å². The molecule has 0 radical (unpaired) electrons. The van der Waals surface area contributed by atoms with Gasteiger partial charge >= 0.3 is 0 Å². The first-order chi connectivity index (χ1) is 9.03. The largest absolute Gasteiger partial charge is 0.329 e. The van der Waals surface area contributed by atoms with Crippen molar-refractivity contribution >= 4 is 11.8 Å². The molecule has 114 valence electrons. The molecule has 0 aromatic heterocycles.